The normalized spacial score (nSPS) is 9.67. The Morgan fingerprint density at radius 2 is 2.17 bits per heavy atom. The van der Waals surface area contributed by atoms with Gasteiger partial charge >= 0.3 is 6.92 Å². The SMILES string of the molecule is COc1ccc(B(C)O)cc1F. The van der Waals surface area contributed by atoms with Gasteiger partial charge in [0.25, 0.3) is 0 Å². The predicted molar refractivity (Wildman–Crippen MR) is 46.4 cm³/mol. The van der Waals surface area contributed by atoms with Gasteiger partial charge in [0.2, 0.25) is 0 Å². The molecule has 0 heterocycles. The Kier molecular flexibility index (Phi) is 2.71. The number of methoxy groups -OCH3 is 1. The average Bonchev–Trinajstić information content (AvgIpc) is 2.04. The first-order chi connectivity index (χ1) is 5.65. The van der Waals surface area contributed by atoms with E-state index in [1.165, 1.54) is 19.2 Å². The van der Waals surface area contributed by atoms with Gasteiger partial charge < -0.3 is 9.76 Å². The maximum absolute atomic E-state index is 13.0. The molecule has 0 saturated heterocycles. The highest BCUT2D eigenvalue weighted by Crippen LogP contribution is 2.13. The summed E-state index contributed by atoms with van der Waals surface area (Å²) in [6, 6.07) is 4.40. The van der Waals surface area contributed by atoms with Crippen LogP contribution in [0.5, 0.6) is 5.75 Å². The van der Waals surface area contributed by atoms with E-state index in [0.717, 1.165) is 0 Å². The summed E-state index contributed by atoms with van der Waals surface area (Å²) in [7, 11) is 1.40. The molecule has 1 aromatic rings. The third-order valence-corrected chi connectivity index (χ3v) is 1.66. The van der Waals surface area contributed by atoms with Gasteiger partial charge in [-0.2, -0.15) is 0 Å². The molecule has 0 atom stereocenters. The van der Waals surface area contributed by atoms with Crippen LogP contribution in [0.15, 0.2) is 18.2 Å². The van der Waals surface area contributed by atoms with Gasteiger partial charge in [-0.05, 0) is 17.6 Å². The molecule has 0 bridgehead atoms. The molecule has 0 unspecified atom stereocenters. The third kappa shape index (κ3) is 1.77. The topological polar surface area (TPSA) is 29.5 Å². The summed E-state index contributed by atoms with van der Waals surface area (Å²) in [5, 5.41) is 9.10. The minimum absolute atomic E-state index is 0.194. The fraction of sp³-hybridized carbons (Fsp3) is 0.250. The maximum Gasteiger partial charge on any atom is 0.320 e. The molecule has 4 heteroatoms. The van der Waals surface area contributed by atoms with Crippen molar-refractivity contribution in [1.29, 1.82) is 0 Å². The third-order valence-electron chi connectivity index (χ3n) is 1.66. The van der Waals surface area contributed by atoms with Gasteiger partial charge in [-0.15, -0.1) is 0 Å². The van der Waals surface area contributed by atoms with E-state index in [0.29, 0.717) is 5.46 Å². The van der Waals surface area contributed by atoms with Crippen molar-refractivity contribution in [2.24, 2.45) is 0 Å². The number of halogens is 1. The first-order valence-corrected chi connectivity index (χ1v) is 3.66. The first kappa shape index (κ1) is 9.07. The lowest BCUT2D eigenvalue weighted by Crippen LogP contribution is -2.26. The predicted octanol–water partition coefficient (Wildman–Crippen LogP) is 0.655. The molecule has 0 aliphatic heterocycles. The molecule has 0 aromatic heterocycles. The Bertz CT molecular complexity index is 276. The van der Waals surface area contributed by atoms with Gasteiger partial charge in [0.05, 0.1) is 7.11 Å². The highest BCUT2D eigenvalue weighted by molar-refractivity contribution is 6.64. The van der Waals surface area contributed by atoms with Crippen molar-refractivity contribution in [3.05, 3.63) is 24.0 Å². The summed E-state index contributed by atoms with van der Waals surface area (Å²) in [4.78, 5) is 0. The number of rotatable bonds is 2. The Hall–Kier alpha value is -1.03. The van der Waals surface area contributed by atoms with Gasteiger partial charge in [-0.3, -0.25) is 0 Å². The molecule has 0 fully saturated rings. The van der Waals surface area contributed by atoms with Gasteiger partial charge in [0.15, 0.2) is 11.6 Å². The Balaban J connectivity index is 3.02. The van der Waals surface area contributed by atoms with Crippen LogP contribution in [0.2, 0.25) is 6.82 Å². The van der Waals surface area contributed by atoms with E-state index in [1.807, 2.05) is 0 Å². The molecule has 0 aliphatic rings. The van der Waals surface area contributed by atoms with E-state index in [9.17, 15) is 4.39 Å². The highest BCUT2D eigenvalue weighted by Gasteiger charge is 2.09. The average molecular weight is 168 g/mol. The van der Waals surface area contributed by atoms with E-state index < -0.39 is 12.7 Å². The summed E-state index contributed by atoms with van der Waals surface area (Å²) in [6.45, 7) is 0.937. The molecule has 0 saturated carbocycles. The monoisotopic (exact) mass is 168 g/mol. The molecule has 64 valence electrons. The lowest BCUT2D eigenvalue weighted by Gasteiger charge is -2.04. The van der Waals surface area contributed by atoms with Crippen molar-refractivity contribution in [3.8, 4) is 5.75 Å². The Morgan fingerprint density at radius 1 is 1.50 bits per heavy atom. The number of ether oxygens (including phenoxy) is 1. The second-order valence-corrected chi connectivity index (χ2v) is 2.57. The Morgan fingerprint density at radius 3 is 2.58 bits per heavy atom. The lowest BCUT2D eigenvalue weighted by molar-refractivity contribution is 0.387. The van der Waals surface area contributed by atoms with Gasteiger partial charge in [-0.25, -0.2) is 4.39 Å². The zero-order valence-electron chi connectivity index (χ0n) is 7.04. The summed E-state index contributed by atoms with van der Waals surface area (Å²) in [5.74, 6) is -0.254. The minimum Gasteiger partial charge on any atom is -0.494 e. The molecule has 1 N–H and O–H groups in total. The van der Waals surface area contributed by atoms with Crippen LogP contribution in [0.3, 0.4) is 0 Å². The second kappa shape index (κ2) is 3.58. The molecule has 12 heavy (non-hydrogen) atoms. The number of hydrogen-bond acceptors (Lipinski definition) is 2. The quantitative estimate of drug-likeness (QED) is 0.657. The van der Waals surface area contributed by atoms with Crippen LogP contribution in [-0.2, 0) is 0 Å². The maximum atomic E-state index is 13.0. The standard InChI is InChI=1S/C8H10BFO2/c1-9(11)6-3-4-8(12-2)7(10)5-6/h3-5,11H,1-2H3. The second-order valence-electron chi connectivity index (χ2n) is 2.57. The van der Waals surface area contributed by atoms with Crippen molar-refractivity contribution < 1.29 is 14.2 Å². The molecule has 0 amide bonds. The summed E-state index contributed by atoms with van der Waals surface area (Å²) < 4.78 is 17.7. The van der Waals surface area contributed by atoms with E-state index >= 15 is 0 Å². The molecular formula is C8H10BFO2. The zero-order chi connectivity index (χ0) is 9.14. The largest absolute Gasteiger partial charge is 0.494 e. The van der Waals surface area contributed by atoms with E-state index in [-0.39, 0.29) is 5.75 Å². The Labute approximate surface area is 71.1 Å². The molecule has 0 radical (unpaired) electrons. The van der Waals surface area contributed by atoms with Crippen molar-refractivity contribution in [3.63, 3.8) is 0 Å². The van der Waals surface area contributed by atoms with Crippen LogP contribution in [0.25, 0.3) is 0 Å². The highest BCUT2D eigenvalue weighted by atomic mass is 19.1. The summed E-state index contributed by atoms with van der Waals surface area (Å²) in [6.07, 6.45) is 0. The fourth-order valence-corrected chi connectivity index (χ4v) is 0.942. The first-order valence-electron chi connectivity index (χ1n) is 3.66. The van der Waals surface area contributed by atoms with Crippen molar-refractivity contribution in [2.75, 3.05) is 7.11 Å². The number of hydrogen-bond donors (Lipinski definition) is 1. The minimum atomic E-state index is -0.648. The van der Waals surface area contributed by atoms with Gasteiger partial charge in [0.1, 0.15) is 0 Å². The van der Waals surface area contributed by atoms with Crippen LogP contribution in [0, 0.1) is 5.82 Å². The van der Waals surface area contributed by atoms with Crippen LogP contribution in [-0.4, -0.2) is 19.0 Å². The van der Waals surface area contributed by atoms with Crippen molar-refractivity contribution in [1.82, 2.24) is 0 Å². The molecule has 0 spiro atoms. The van der Waals surface area contributed by atoms with E-state index in [2.05, 4.69) is 0 Å². The smallest absolute Gasteiger partial charge is 0.320 e. The van der Waals surface area contributed by atoms with Crippen molar-refractivity contribution >= 4 is 12.4 Å². The summed E-state index contributed by atoms with van der Waals surface area (Å²) in [5.41, 5.74) is 0.549. The van der Waals surface area contributed by atoms with E-state index in [1.54, 1.807) is 12.9 Å². The fourth-order valence-electron chi connectivity index (χ4n) is 0.942. The van der Waals surface area contributed by atoms with E-state index in [4.69, 9.17) is 9.76 Å². The molecule has 0 aliphatic carbocycles. The number of benzene rings is 1. The zero-order valence-corrected chi connectivity index (χ0v) is 7.04. The van der Waals surface area contributed by atoms with Gasteiger partial charge in [-0.1, -0.05) is 12.9 Å². The molecular weight excluding hydrogens is 158 g/mol. The van der Waals surface area contributed by atoms with Crippen LogP contribution < -0.4 is 10.2 Å². The van der Waals surface area contributed by atoms with Crippen molar-refractivity contribution in [2.45, 2.75) is 6.82 Å². The van der Waals surface area contributed by atoms with Crippen LogP contribution in [0.1, 0.15) is 0 Å². The van der Waals surface area contributed by atoms with Gasteiger partial charge in [0, 0.05) is 0 Å². The molecule has 2 nitrogen and oxygen atoms in total. The molecule has 1 aromatic carbocycles. The molecule has 1 rings (SSSR count). The van der Waals surface area contributed by atoms with Crippen LogP contribution in [0.4, 0.5) is 4.39 Å². The van der Waals surface area contributed by atoms with Crippen LogP contribution >= 0.6 is 0 Å². The lowest BCUT2D eigenvalue weighted by atomic mass is 9.64. The summed E-state index contributed by atoms with van der Waals surface area (Å²) >= 11 is 0.